The van der Waals surface area contributed by atoms with E-state index < -0.39 is 33.0 Å². The minimum Gasteiger partial charge on any atom is -0.480 e. The summed E-state index contributed by atoms with van der Waals surface area (Å²) in [4.78, 5) is 23.0. The van der Waals surface area contributed by atoms with Crippen LogP contribution in [0.1, 0.15) is 13.8 Å². The standard InChI is InChI=1S/C8H15NO5S/c1-5(8(11)12)9(3)7(10)6(2)15(4,13)14/h5-6H,1-4H3,(H,11,12). The third-order valence-electron chi connectivity index (χ3n) is 2.28. The Labute approximate surface area is 88.8 Å². The van der Waals surface area contributed by atoms with E-state index in [9.17, 15) is 18.0 Å². The van der Waals surface area contributed by atoms with Gasteiger partial charge in [0, 0.05) is 13.3 Å². The first-order chi connectivity index (χ1) is 6.59. The number of carboxylic acids is 1. The van der Waals surface area contributed by atoms with Crippen LogP contribution in [-0.2, 0) is 19.4 Å². The van der Waals surface area contributed by atoms with Crippen LogP contribution in [0.25, 0.3) is 0 Å². The van der Waals surface area contributed by atoms with Crippen LogP contribution in [0.4, 0.5) is 0 Å². The van der Waals surface area contributed by atoms with Gasteiger partial charge in [-0.15, -0.1) is 0 Å². The first-order valence-corrected chi connectivity index (χ1v) is 6.22. The molecule has 0 saturated heterocycles. The molecule has 7 heteroatoms. The Morgan fingerprint density at radius 2 is 1.67 bits per heavy atom. The molecule has 2 unspecified atom stereocenters. The summed E-state index contributed by atoms with van der Waals surface area (Å²) in [6, 6.07) is -1.04. The molecule has 0 bridgehead atoms. The number of carbonyl (C=O) groups is 2. The fourth-order valence-electron chi connectivity index (χ4n) is 0.826. The largest absolute Gasteiger partial charge is 0.480 e. The lowest BCUT2D eigenvalue weighted by atomic mass is 10.3. The highest BCUT2D eigenvalue weighted by Crippen LogP contribution is 2.06. The number of sulfone groups is 1. The van der Waals surface area contributed by atoms with Crippen molar-refractivity contribution in [2.45, 2.75) is 25.1 Å². The minimum atomic E-state index is -3.49. The van der Waals surface area contributed by atoms with Crippen LogP contribution >= 0.6 is 0 Å². The molecule has 15 heavy (non-hydrogen) atoms. The molecule has 0 aromatic rings. The van der Waals surface area contributed by atoms with Crippen LogP contribution in [0.2, 0.25) is 0 Å². The fraction of sp³-hybridized carbons (Fsp3) is 0.750. The molecule has 0 aliphatic heterocycles. The molecule has 2 atom stereocenters. The molecule has 88 valence electrons. The van der Waals surface area contributed by atoms with Crippen molar-refractivity contribution in [1.82, 2.24) is 4.90 Å². The van der Waals surface area contributed by atoms with E-state index >= 15 is 0 Å². The summed E-state index contributed by atoms with van der Waals surface area (Å²) in [7, 11) is -2.22. The highest BCUT2D eigenvalue weighted by molar-refractivity contribution is 7.92. The molecule has 0 aromatic heterocycles. The van der Waals surface area contributed by atoms with Crippen LogP contribution < -0.4 is 0 Å². The van der Waals surface area contributed by atoms with E-state index in [1.54, 1.807) is 0 Å². The number of hydrogen-bond donors (Lipinski definition) is 1. The normalized spacial score (nSPS) is 15.5. The summed E-state index contributed by atoms with van der Waals surface area (Å²) in [6.07, 6.45) is 0.939. The van der Waals surface area contributed by atoms with Gasteiger partial charge in [-0.3, -0.25) is 4.79 Å². The van der Waals surface area contributed by atoms with Crippen molar-refractivity contribution in [1.29, 1.82) is 0 Å². The van der Waals surface area contributed by atoms with E-state index in [1.807, 2.05) is 0 Å². The summed E-state index contributed by atoms with van der Waals surface area (Å²) in [6.45, 7) is 2.55. The summed E-state index contributed by atoms with van der Waals surface area (Å²) >= 11 is 0. The molecule has 1 N–H and O–H groups in total. The molecular formula is C8H15NO5S. The first kappa shape index (κ1) is 13.9. The molecule has 0 aliphatic carbocycles. The van der Waals surface area contributed by atoms with E-state index in [2.05, 4.69) is 0 Å². The minimum absolute atomic E-state index is 0.715. The van der Waals surface area contributed by atoms with Gasteiger partial charge in [-0.2, -0.15) is 0 Å². The lowest BCUT2D eigenvalue weighted by molar-refractivity contribution is -0.147. The Bertz CT molecular complexity index is 361. The van der Waals surface area contributed by atoms with Crippen molar-refractivity contribution in [2.24, 2.45) is 0 Å². The molecule has 0 rings (SSSR count). The Morgan fingerprint density at radius 1 is 1.27 bits per heavy atom. The zero-order chi connectivity index (χ0) is 12.4. The molecular weight excluding hydrogens is 222 g/mol. The van der Waals surface area contributed by atoms with Gasteiger partial charge >= 0.3 is 5.97 Å². The molecule has 0 radical (unpaired) electrons. The average molecular weight is 237 g/mol. The smallest absolute Gasteiger partial charge is 0.326 e. The maximum absolute atomic E-state index is 11.5. The van der Waals surface area contributed by atoms with Crippen LogP contribution in [-0.4, -0.2) is 54.9 Å². The summed E-state index contributed by atoms with van der Waals surface area (Å²) in [5.74, 6) is -1.89. The number of aliphatic carboxylic acids is 1. The number of likely N-dealkylation sites (N-methyl/N-ethyl adjacent to an activating group) is 1. The molecule has 0 spiro atoms. The summed E-state index contributed by atoms with van der Waals surface area (Å²) in [5, 5.41) is 7.42. The van der Waals surface area contributed by atoms with Crippen LogP contribution in [0.3, 0.4) is 0 Å². The van der Waals surface area contributed by atoms with Gasteiger partial charge in [-0.05, 0) is 13.8 Å². The third-order valence-corrected chi connectivity index (χ3v) is 3.76. The van der Waals surface area contributed by atoms with Gasteiger partial charge in [0.1, 0.15) is 11.3 Å². The van der Waals surface area contributed by atoms with Crippen molar-refractivity contribution in [3.63, 3.8) is 0 Å². The molecule has 0 fully saturated rings. The zero-order valence-corrected chi connectivity index (χ0v) is 9.91. The van der Waals surface area contributed by atoms with Gasteiger partial charge in [0.05, 0.1) is 0 Å². The summed E-state index contributed by atoms with van der Waals surface area (Å²) < 4.78 is 22.1. The first-order valence-electron chi connectivity index (χ1n) is 4.27. The Kier molecular flexibility index (Phi) is 4.27. The van der Waals surface area contributed by atoms with Gasteiger partial charge in [-0.25, -0.2) is 13.2 Å². The predicted molar refractivity (Wildman–Crippen MR) is 54.2 cm³/mol. The molecule has 6 nitrogen and oxygen atoms in total. The van der Waals surface area contributed by atoms with E-state index in [-0.39, 0.29) is 0 Å². The molecule has 1 amide bonds. The number of hydrogen-bond acceptors (Lipinski definition) is 4. The van der Waals surface area contributed by atoms with E-state index in [4.69, 9.17) is 5.11 Å². The summed E-state index contributed by atoms with van der Waals surface area (Å²) in [5.41, 5.74) is 0. The molecule has 0 heterocycles. The van der Waals surface area contributed by atoms with Gasteiger partial charge in [0.25, 0.3) is 0 Å². The van der Waals surface area contributed by atoms with Gasteiger partial charge in [0.2, 0.25) is 5.91 Å². The van der Waals surface area contributed by atoms with Crippen LogP contribution in [0.15, 0.2) is 0 Å². The topological polar surface area (TPSA) is 91.8 Å². The lowest BCUT2D eigenvalue weighted by Gasteiger charge is -2.23. The van der Waals surface area contributed by atoms with Gasteiger partial charge < -0.3 is 10.0 Å². The molecule has 0 aromatic carbocycles. The average Bonchev–Trinajstić information content (AvgIpc) is 2.11. The van der Waals surface area contributed by atoms with Crippen molar-refractivity contribution in [3.8, 4) is 0 Å². The Hall–Kier alpha value is -1.11. The predicted octanol–water partition coefficient (Wildman–Crippen LogP) is -0.649. The zero-order valence-electron chi connectivity index (χ0n) is 9.09. The number of carboxylic acid groups (broad SMARTS) is 1. The van der Waals surface area contributed by atoms with Gasteiger partial charge in [-0.1, -0.05) is 0 Å². The second-order valence-electron chi connectivity index (χ2n) is 3.44. The maximum atomic E-state index is 11.5. The van der Waals surface area contributed by atoms with Crippen molar-refractivity contribution in [3.05, 3.63) is 0 Å². The highest BCUT2D eigenvalue weighted by Gasteiger charge is 2.30. The monoisotopic (exact) mass is 237 g/mol. The SMILES string of the molecule is CC(C(=O)O)N(C)C(=O)C(C)S(C)(=O)=O. The molecule has 0 aliphatic rings. The third kappa shape index (κ3) is 3.50. The number of nitrogens with zero attached hydrogens (tertiary/aromatic N) is 1. The van der Waals surface area contributed by atoms with Crippen molar-refractivity contribution < 1.29 is 23.1 Å². The second-order valence-corrected chi connectivity index (χ2v) is 5.80. The Balaban J connectivity index is 4.81. The van der Waals surface area contributed by atoms with Crippen molar-refractivity contribution in [2.75, 3.05) is 13.3 Å². The van der Waals surface area contributed by atoms with E-state index in [1.165, 1.54) is 20.9 Å². The van der Waals surface area contributed by atoms with Crippen molar-refractivity contribution >= 4 is 21.7 Å². The van der Waals surface area contributed by atoms with E-state index in [0.717, 1.165) is 11.2 Å². The second kappa shape index (κ2) is 4.61. The lowest BCUT2D eigenvalue weighted by Crippen LogP contribution is -2.46. The maximum Gasteiger partial charge on any atom is 0.326 e. The number of rotatable bonds is 4. The number of amides is 1. The van der Waals surface area contributed by atoms with Gasteiger partial charge in [0.15, 0.2) is 9.84 Å². The molecule has 0 saturated carbocycles. The van der Waals surface area contributed by atoms with Crippen LogP contribution in [0, 0.1) is 0 Å². The Morgan fingerprint density at radius 3 is 1.93 bits per heavy atom. The fourth-order valence-corrected chi connectivity index (χ4v) is 1.36. The quantitative estimate of drug-likeness (QED) is 0.701. The van der Waals surface area contributed by atoms with E-state index in [0.29, 0.717) is 0 Å². The van der Waals surface area contributed by atoms with Crippen LogP contribution in [0.5, 0.6) is 0 Å². The number of carbonyl (C=O) groups excluding carboxylic acids is 1. The highest BCUT2D eigenvalue weighted by atomic mass is 32.2.